The van der Waals surface area contributed by atoms with Gasteiger partial charge < -0.3 is 15.7 Å². The zero-order chi connectivity index (χ0) is 12.3. The Morgan fingerprint density at radius 1 is 1.56 bits per heavy atom. The van der Waals surface area contributed by atoms with Crippen LogP contribution in [0.15, 0.2) is 18.2 Å². The predicted molar refractivity (Wildman–Crippen MR) is 60.2 cm³/mol. The number of aliphatic carboxylic acids is 1. The normalized spacial score (nSPS) is 12.2. The van der Waals surface area contributed by atoms with E-state index in [1.54, 1.807) is 19.0 Å². The lowest BCUT2D eigenvalue weighted by Crippen LogP contribution is -2.24. The lowest BCUT2D eigenvalue weighted by molar-refractivity contribution is -0.138. The smallest absolute Gasteiger partial charge is 0.312 e. The highest BCUT2D eigenvalue weighted by molar-refractivity contribution is 5.79. The van der Waals surface area contributed by atoms with E-state index < -0.39 is 17.7 Å². The summed E-state index contributed by atoms with van der Waals surface area (Å²) in [5.74, 6) is -2.20. The molecule has 0 aliphatic heterocycles. The third kappa shape index (κ3) is 2.49. The van der Waals surface area contributed by atoms with Gasteiger partial charge in [0.05, 0.1) is 5.92 Å². The van der Waals surface area contributed by atoms with E-state index in [0.29, 0.717) is 11.3 Å². The van der Waals surface area contributed by atoms with E-state index in [0.717, 1.165) is 0 Å². The van der Waals surface area contributed by atoms with Crippen LogP contribution in [0.3, 0.4) is 0 Å². The number of anilines is 1. The summed E-state index contributed by atoms with van der Waals surface area (Å²) in [4.78, 5) is 12.7. The Labute approximate surface area is 93.5 Å². The second-order valence-electron chi connectivity index (χ2n) is 3.72. The van der Waals surface area contributed by atoms with Crippen molar-refractivity contribution < 1.29 is 14.3 Å². The van der Waals surface area contributed by atoms with E-state index in [9.17, 15) is 9.18 Å². The summed E-state index contributed by atoms with van der Waals surface area (Å²) in [6.45, 7) is -0.0121. The van der Waals surface area contributed by atoms with Crippen molar-refractivity contribution in [2.24, 2.45) is 5.73 Å². The van der Waals surface area contributed by atoms with Gasteiger partial charge in [0.15, 0.2) is 0 Å². The van der Waals surface area contributed by atoms with Crippen molar-refractivity contribution in [1.29, 1.82) is 0 Å². The van der Waals surface area contributed by atoms with E-state index in [1.165, 1.54) is 18.2 Å². The molecule has 0 radical (unpaired) electrons. The molecule has 0 fully saturated rings. The van der Waals surface area contributed by atoms with Gasteiger partial charge in [-0.3, -0.25) is 4.79 Å². The Morgan fingerprint density at radius 2 is 2.19 bits per heavy atom. The molecule has 0 aliphatic carbocycles. The Kier molecular flexibility index (Phi) is 3.84. The molecule has 0 aromatic heterocycles. The molecule has 1 rings (SSSR count). The average molecular weight is 226 g/mol. The highest BCUT2D eigenvalue weighted by Gasteiger charge is 2.22. The summed E-state index contributed by atoms with van der Waals surface area (Å²) >= 11 is 0. The first-order valence-electron chi connectivity index (χ1n) is 4.87. The van der Waals surface area contributed by atoms with Crippen molar-refractivity contribution in [1.82, 2.24) is 0 Å². The van der Waals surface area contributed by atoms with Crippen molar-refractivity contribution in [3.8, 4) is 0 Å². The minimum atomic E-state index is -1.00. The number of nitrogens with zero attached hydrogens (tertiary/aromatic N) is 1. The SMILES string of the molecule is CN(C)c1cc(F)ccc1C(CN)C(=O)O. The minimum absolute atomic E-state index is 0.0121. The molecule has 0 saturated heterocycles. The van der Waals surface area contributed by atoms with E-state index in [2.05, 4.69) is 0 Å². The number of halogens is 1. The summed E-state index contributed by atoms with van der Waals surface area (Å²) in [6, 6.07) is 4.02. The zero-order valence-electron chi connectivity index (χ0n) is 9.27. The number of nitrogens with two attached hydrogens (primary N) is 1. The standard InChI is InChI=1S/C11H15FN2O2/c1-14(2)10-5-7(12)3-4-8(10)9(6-13)11(15)16/h3-5,9H,6,13H2,1-2H3,(H,15,16). The summed E-state index contributed by atoms with van der Waals surface area (Å²) in [7, 11) is 3.46. The zero-order valence-corrected chi connectivity index (χ0v) is 9.27. The fraction of sp³-hybridized carbons (Fsp3) is 0.364. The molecule has 0 bridgehead atoms. The average Bonchev–Trinajstić information content (AvgIpc) is 2.20. The van der Waals surface area contributed by atoms with Crippen molar-refractivity contribution in [2.75, 3.05) is 25.5 Å². The van der Waals surface area contributed by atoms with Gasteiger partial charge in [0, 0.05) is 26.3 Å². The molecular weight excluding hydrogens is 211 g/mol. The van der Waals surface area contributed by atoms with Gasteiger partial charge in [0.25, 0.3) is 0 Å². The van der Waals surface area contributed by atoms with Crippen molar-refractivity contribution >= 4 is 11.7 Å². The maximum Gasteiger partial charge on any atom is 0.312 e. The Bertz CT molecular complexity index is 394. The number of carbonyl (C=O) groups is 1. The van der Waals surface area contributed by atoms with Gasteiger partial charge in [-0.1, -0.05) is 6.07 Å². The fourth-order valence-electron chi connectivity index (χ4n) is 1.56. The lowest BCUT2D eigenvalue weighted by Gasteiger charge is -2.20. The summed E-state index contributed by atoms with van der Waals surface area (Å²) in [5, 5.41) is 9.01. The van der Waals surface area contributed by atoms with Gasteiger partial charge in [0.2, 0.25) is 0 Å². The van der Waals surface area contributed by atoms with Crippen LogP contribution in [0.25, 0.3) is 0 Å². The molecule has 5 heteroatoms. The van der Waals surface area contributed by atoms with Crippen LogP contribution in [-0.4, -0.2) is 31.7 Å². The number of hydrogen-bond donors (Lipinski definition) is 2. The summed E-state index contributed by atoms with van der Waals surface area (Å²) < 4.78 is 13.1. The number of carboxylic acids is 1. The van der Waals surface area contributed by atoms with Crippen LogP contribution in [0.4, 0.5) is 10.1 Å². The van der Waals surface area contributed by atoms with Gasteiger partial charge in [0.1, 0.15) is 5.82 Å². The topological polar surface area (TPSA) is 66.6 Å². The third-order valence-electron chi connectivity index (χ3n) is 2.38. The van der Waals surface area contributed by atoms with Gasteiger partial charge in [-0.25, -0.2) is 4.39 Å². The lowest BCUT2D eigenvalue weighted by atomic mass is 9.97. The molecule has 4 nitrogen and oxygen atoms in total. The molecule has 1 aromatic rings. The molecule has 0 spiro atoms. The second-order valence-corrected chi connectivity index (χ2v) is 3.72. The maximum atomic E-state index is 13.1. The first kappa shape index (κ1) is 12.4. The highest BCUT2D eigenvalue weighted by Crippen LogP contribution is 2.27. The third-order valence-corrected chi connectivity index (χ3v) is 2.38. The fourth-order valence-corrected chi connectivity index (χ4v) is 1.56. The van der Waals surface area contributed by atoms with Crippen molar-refractivity contribution in [2.45, 2.75) is 5.92 Å². The molecular formula is C11H15FN2O2. The van der Waals surface area contributed by atoms with Crippen LogP contribution in [0.2, 0.25) is 0 Å². The number of carboxylic acid groups (broad SMARTS) is 1. The largest absolute Gasteiger partial charge is 0.481 e. The Balaban J connectivity index is 3.25. The predicted octanol–water partition coefficient (Wildman–Crippen LogP) is 1.02. The van der Waals surface area contributed by atoms with Crippen molar-refractivity contribution in [3.05, 3.63) is 29.6 Å². The molecule has 1 unspecified atom stereocenters. The maximum absolute atomic E-state index is 13.1. The van der Waals surface area contributed by atoms with Crippen molar-refractivity contribution in [3.63, 3.8) is 0 Å². The van der Waals surface area contributed by atoms with E-state index in [-0.39, 0.29) is 6.54 Å². The van der Waals surface area contributed by atoms with Crippen LogP contribution in [0.1, 0.15) is 11.5 Å². The van der Waals surface area contributed by atoms with E-state index in [4.69, 9.17) is 10.8 Å². The number of hydrogen-bond acceptors (Lipinski definition) is 3. The molecule has 16 heavy (non-hydrogen) atoms. The highest BCUT2D eigenvalue weighted by atomic mass is 19.1. The van der Waals surface area contributed by atoms with E-state index >= 15 is 0 Å². The van der Waals surface area contributed by atoms with Crippen LogP contribution in [-0.2, 0) is 4.79 Å². The number of rotatable bonds is 4. The van der Waals surface area contributed by atoms with Crippen LogP contribution in [0.5, 0.6) is 0 Å². The summed E-state index contributed by atoms with van der Waals surface area (Å²) in [6.07, 6.45) is 0. The van der Waals surface area contributed by atoms with E-state index in [1.807, 2.05) is 0 Å². The molecule has 0 aliphatic rings. The molecule has 1 aromatic carbocycles. The Hall–Kier alpha value is -1.62. The Morgan fingerprint density at radius 3 is 2.62 bits per heavy atom. The second kappa shape index (κ2) is 4.94. The van der Waals surface area contributed by atoms with Gasteiger partial charge in [-0.2, -0.15) is 0 Å². The molecule has 1 atom stereocenters. The molecule has 3 N–H and O–H groups in total. The minimum Gasteiger partial charge on any atom is -0.481 e. The van der Waals surface area contributed by atoms with Crippen LogP contribution < -0.4 is 10.6 Å². The van der Waals surface area contributed by atoms with Crippen LogP contribution in [0, 0.1) is 5.82 Å². The molecule has 0 amide bonds. The van der Waals surface area contributed by atoms with Gasteiger partial charge in [-0.15, -0.1) is 0 Å². The van der Waals surface area contributed by atoms with Gasteiger partial charge >= 0.3 is 5.97 Å². The first-order chi connectivity index (χ1) is 7.47. The number of benzene rings is 1. The molecule has 0 saturated carbocycles. The summed E-state index contributed by atoms with van der Waals surface area (Å²) in [5.41, 5.74) is 6.49. The van der Waals surface area contributed by atoms with Crippen LogP contribution >= 0.6 is 0 Å². The monoisotopic (exact) mass is 226 g/mol. The molecule has 0 heterocycles. The quantitative estimate of drug-likeness (QED) is 0.804. The van der Waals surface area contributed by atoms with Gasteiger partial charge in [-0.05, 0) is 17.7 Å². The molecule has 88 valence electrons. The first-order valence-corrected chi connectivity index (χ1v) is 4.87.